The molecule has 1 unspecified atom stereocenters. The third-order valence-corrected chi connectivity index (χ3v) is 3.31. The van der Waals surface area contributed by atoms with Crippen LogP contribution in [0.3, 0.4) is 0 Å². The molecule has 0 radical (unpaired) electrons. The minimum absolute atomic E-state index is 0.366. The highest BCUT2D eigenvalue weighted by atomic mass is 16.4. The van der Waals surface area contributed by atoms with Crippen molar-refractivity contribution in [1.29, 1.82) is 0 Å². The van der Waals surface area contributed by atoms with Crippen LogP contribution in [0.5, 0.6) is 0 Å². The third kappa shape index (κ3) is 2.09. The van der Waals surface area contributed by atoms with E-state index in [9.17, 15) is 4.79 Å². The van der Waals surface area contributed by atoms with E-state index in [0.717, 1.165) is 13.1 Å². The lowest BCUT2D eigenvalue weighted by molar-refractivity contribution is 0.0697. The van der Waals surface area contributed by atoms with Crippen molar-refractivity contribution in [3.8, 4) is 0 Å². The van der Waals surface area contributed by atoms with Gasteiger partial charge in [-0.3, -0.25) is 4.90 Å². The average Bonchev–Trinajstić information content (AvgIpc) is 2.77. The maximum atomic E-state index is 10.7. The summed E-state index contributed by atoms with van der Waals surface area (Å²) in [6, 6.07) is 7.77. The summed E-state index contributed by atoms with van der Waals surface area (Å²) in [6.45, 7) is 4.39. The van der Waals surface area contributed by atoms with Gasteiger partial charge in [0.05, 0.1) is 5.56 Å². The fourth-order valence-electron chi connectivity index (χ4n) is 2.43. The molecule has 2 rings (SSSR count). The predicted octanol–water partition coefficient (Wildman–Crippen LogP) is 2.54. The van der Waals surface area contributed by atoms with Gasteiger partial charge < -0.3 is 5.11 Å². The zero-order valence-electron chi connectivity index (χ0n) is 9.52. The van der Waals surface area contributed by atoms with E-state index in [1.165, 1.54) is 18.4 Å². The number of carboxylic acid groups (broad SMARTS) is 1. The molecule has 0 aliphatic carbocycles. The van der Waals surface area contributed by atoms with E-state index in [0.29, 0.717) is 11.6 Å². The second-order valence-electron chi connectivity index (χ2n) is 4.21. The zero-order valence-corrected chi connectivity index (χ0v) is 9.52. The molecule has 3 heteroatoms. The van der Waals surface area contributed by atoms with Crippen molar-refractivity contribution in [3.05, 3.63) is 35.4 Å². The molecular weight excluding hydrogens is 202 g/mol. The Kier molecular flexibility index (Phi) is 3.25. The Balaban J connectivity index is 2.18. The second kappa shape index (κ2) is 4.66. The smallest absolute Gasteiger partial charge is 0.335 e. The average molecular weight is 219 g/mol. The Labute approximate surface area is 95.7 Å². The highest BCUT2D eigenvalue weighted by Gasteiger charge is 2.24. The van der Waals surface area contributed by atoms with E-state index in [-0.39, 0.29) is 0 Å². The lowest BCUT2D eigenvalue weighted by Crippen LogP contribution is -2.22. The summed E-state index contributed by atoms with van der Waals surface area (Å²) in [4.78, 5) is 13.2. The minimum atomic E-state index is -0.856. The summed E-state index contributed by atoms with van der Waals surface area (Å²) in [5.74, 6) is -0.856. The number of hydrogen-bond acceptors (Lipinski definition) is 2. The summed E-state index contributed by atoms with van der Waals surface area (Å²) in [5.41, 5.74) is 1.61. The first-order valence-electron chi connectivity index (χ1n) is 5.79. The van der Waals surface area contributed by atoms with E-state index in [4.69, 9.17) is 5.11 Å². The van der Waals surface area contributed by atoms with Gasteiger partial charge in [-0.1, -0.05) is 19.1 Å². The van der Waals surface area contributed by atoms with Crippen LogP contribution in [0.4, 0.5) is 0 Å². The van der Waals surface area contributed by atoms with Gasteiger partial charge >= 0.3 is 5.97 Å². The zero-order chi connectivity index (χ0) is 11.5. The van der Waals surface area contributed by atoms with E-state index >= 15 is 0 Å². The van der Waals surface area contributed by atoms with E-state index in [1.807, 2.05) is 12.1 Å². The number of aromatic carboxylic acids is 1. The van der Waals surface area contributed by atoms with Gasteiger partial charge in [-0.2, -0.15) is 0 Å². The molecule has 16 heavy (non-hydrogen) atoms. The summed E-state index contributed by atoms with van der Waals surface area (Å²) >= 11 is 0. The molecule has 0 saturated carbocycles. The Morgan fingerprint density at radius 1 is 1.44 bits per heavy atom. The lowest BCUT2D eigenvalue weighted by Gasteiger charge is -2.23. The number of carbonyl (C=O) groups is 1. The Morgan fingerprint density at radius 3 is 2.69 bits per heavy atom. The second-order valence-corrected chi connectivity index (χ2v) is 4.21. The number of rotatable bonds is 3. The SMILES string of the molecule is CCN1CCCC1c1ccc(C(=O)O)cc1. The first kappa shape index (κ1) is 11.1. The van der Waals surface area contributed by atoms with Crippen molar-refractivity contribution in [2.75, 3.05) is 13.1 Å². The highest BCUT2D eigenvalue weighted by Crippen LogP contribution is 2.31. The fourth-order valence-corrected chi connectivity index (χ4v) is 2.43. The minimum Gasteiger partial charge on any atom is -0.478 e. The quantitative estimate of drug-likeness (QED) is 0.849. The topological polar surface area (TPSA) is 40.5 Å². The molecule has 1 fully saturated rings. The van der Waals surface area contributed by atoms with E-state index in [2.05, 4.69) is 11.8 Å². The van der Waals surface area contributed by atoms with Crippen LogP contribution in [0, 0.1) is 0 Å². The highest BCUT2D eigenvalue weighted by molar-refractivity contribution is 5.87. The van der Waals surface area contributed by atoms with Gasteiger partial charge in [-0.25, -0.2) is 4.79 Å². The molecule has 1 atom stereocenters. The van der Waals surface area contributed by atoms with Crippen LogP contribution in [-0.2, 0) is 0 Å². The van der Waals surface area contributed by atoms with Crippen LogP contribution in [0.2, 0.25) is 0 Å². The van der Waals surface area contributed by atoms with Crippen LogP contribution in [0.15, 0.2) is 24.3 Å². The molecule has 1 aliphatic heterocycles. The number of benzene rings is 1. The molecule has 1 N–H and O–H groups in total. The molecule has 86 valence electrons. The van der Waals surface area contributed by atoms with Gasteiger partial charge in [0.2, 0.25) is 0 Å². The number of likely N-dealkylation sites (tertiary alicyclic amines) is 1. The number of nitrogens with zero attached hydrogens (tertiary/aromatic N) is 1. The molecular formula is C13H17NO2. The molecule has 0 bridgehead atoms. The summed E-state index contributed by atoms with van der Waals surface area (Å²) < 4.78 is 0. The van der Waals surface area contributed by atoms with E-state index < -0.39 is 5.97 Å². The maximum Gasteiger partial charge on any atom is 0.335 e. The van der Waals surface area contributed by atoms with Crippen LogP contribution in [-0.4, -0.2) is 29.1 Å². The van der Waals surface area contributed by atoms with Gasteiger partial charge in [0.1, 0.15) is 0 Å². The molecule has 1 saturated heterocycles. The molecule has 0 aromatic heterocycles. The van der Waals surface area contributed by atoms with Crippen LogP contribution in [0.25, 0.3) is 0 Å². The fraction of sp³-hybridized carbons (Fsp3) is 0.462. The van der Waals surface area contributed by atoms with Crippen molar-refractivity contribution >= 4 is 5.97 Å². The normalized spacial score (nSPS) is 21.2. The standard InChI is InChI=1S/C13H17NO2/c1-2-14-9-3-4-12(14)10-5-7-11(8-6-10)13(15)16/h5-8,12H,2-4,9H2,1H3,(H,15,16). The summed E-state index contributed by atoms with van der Waals surface area (Å²) in [5, 5.41) is 8.83. The molecule has 0 amide bonds. The molecule has 1 aliphatic rings. The van der Waals surface area contributed by atoms with Crippen molar-refractivity contribution in [3.63, 3.8) is 0 Å². The molecule has 1 heterocycles. The van der Waals surface area contributed by atoms with Crippen molar-refractivity contribution in [2.45, 2.75) is 25.8 Å². The summed E-state index contributed by atoms with van der Waals surface area (Å²) in [6.07, 6.45) is 2.42. The molecule has 3 nitrogen and oxygen atoms in total. The first-order valence-corrected chi connectivity index (χ1v) is 5.79. The molecule has 0 spiro atoms. The van der Waals surface area contributed by atoms with Gasteiger partial charge in [-0.15, -0.1) is 0 Å². The van der Waals surface area contributed by atoms with Crippen LogP contribution in [0.1, 0.15) is 41.7 Å². The Morgan fingerprint density at radius 2 is 2.12 bits per heavy atom. The Bertz CT molecular complexity index is 372. The van der Waals surface area contributed by atoms with Gasteiger partial charge in [0.15, 0.2) is 0 Å². The Hall–Kier alpha value is -1.35. The van der Waals surface area contributed by atoms with Gasteiger partial charge in [-0.05, 0) is 43.6 Å². The largest absolute Gasteiger partial charge is 0.478 e. The molecule has 1 aromatic rings. The maximum absolute atomic E-state index is 10.7. The van der Waals surface area contributed by atoms with Gasteiger partial charge in [0, 0.05) is 6.04 Å². The first-order chi connectivity index (χ1) is 7.72. The number of hydrogen-bond donors (Lipinski definition) is 1. The predicted molar refractivity (Wildman–Crippen MR) is 62.6 cm³/mol. The van der Waals surface area contributed by atoms with Gasteiger partial charge in [0.25, 0.3) is 0 Å². The van der Waals surface area contributed by atoms with Crippen molar-refractivity contribution in [1.82, 2.24) is 4.90 Å². The van der Waals surface area contributed by atoms with Crippen molar-refractivity contribution < 1.29 is 9.90 Å². The van der Waals surface area contributed by atoms with E-state index in [1.54, 1.807) is 12.1 Å². The summed E-state index contributed by atoms with van der Waals surface area (Å²) in [7, 11) is 0. The third-order valence-electron chi connectivity index (χ3n) is 3.31. The van der Waals surface area contributed by atoms with Crippen LogP contribution >= 0.6 is 0 Å². The molecule has 1 aromatic carbocycles. The van der Waals surface area contributed by atoms with Crippen LogP contribution < -0.4 is 0 Å². The number of carboxylic acids is 1. The monoisotopic (exact) mass is 219 g/mol. The lowest BCUT2D eigenvalue weighted by atomic mass is 10.0. The van der Waals surface area contributed by atoms with Crippen molar-refractivity contribution in [2.24, 2.45) is 0 Å².